The quantitative estimate of drug-likeness (QED) is 0.781. The van der Waals surface area contributed by atoms with Gasteiger partial charge >= 0.3 is 5.97 Å². The minimum Gasteiger partial charge on any atom is -0.465 e. The molecule has 0 unspecified atom stereocenters. The molecule has 1 amide bonds. The van der Waals surface area contributed by atoms with Crippen LogP contribution in [0.3, 0.4) is 0 Å². The lowest BCUT2D eigenvalue weighted by molar-refractivity contribution is -0.144. The Morgan fingerprint density at radius 3 is 2.57 bits per heavy atom. The Labute approximate surface area is 126 Å². The number of hydrogen-bond acceptors (Lipinski definition) is 4. The maximum absolute atomic E-state index is 12.1. The van der Waals surface area contributed by atoms with Gasteiger partial charge in [0.15, 0.2) is 0 Å². The molecule has 5 heteroatoms. The minimum atomic E-state index is -0.321. The SMILES string of the molecule is CCOC(=O)CN(C)CC(=O)Nc1c(C)cccc1CC. The summed E-state index contributed by atoms with van der Waals surface area (Å²) in [4.78, 5) is 25.1. The van der Waals surface area contributed by atoms with E-state index in [4.69, 9.17) is 4.74 Å². The summed E-state index contributed by atoms with van der Waals surface area (Å²) in [5, 5.41) is 2.93. The van der Waals surface area contributed by atoms with Crippen molar-refractivity contribution in [3.63, 3.8) is 0 Å². The number of ether oxygens (including phenoxy) is 1. The third-order valence-corrected chi connectivity index (χ3v) is 3.12. The van der Waals surface area contributed by atoms with Crippen molar-refractivity contribution in [3.8, 4) is 0 Å². The van der Waals surface area contributed by atoms with Gasteiger partial charge in [-0.15, -0.1) is 0 Å². The number of esters is 1. The Morgan fingerprint density at radius 1 is 1.24 bits per heavy atom. The van der Waals surface area contributed by atoms with Gasteiger partial charge in [0, 0.05) is 5.69 Å². The predicted molar refractivity (Wildman–Crippen MR) is 83.3 cm³/mol. The highest BCUT2D eigenvalue weighted by Gasteiger charge is 2.13. The molecule has 1 aromatic carbocycles. The van der Waals surface area contributed by atoms with Crippen molar-refractivity contribution in [2.24, 2.45) is 0 Å². The van der Waals surface area contributed by atoms with Gasteiger partial charge in [-0.25, -0.2) is 0 Å². The number of hydrogen-bond donors (Lipinski definition) is 1. The number of nitrogens with one attached hydrogen (secondary N) is 1. The molecule has 0 aliphatic carbocycles. The van der Waals surface area contributed by atoms with Crippen LogP contribution < -0.4 is 5.32 Å². The molecule has 0 bridgehead atoms. The lowest BCUT2D eigenvalue weighted by Crippen LogP contribution is -2.34. The first-order valence-electron chi connectivity index (χ1n) is 7.20. The van der Waals surface area contributed by atoms with Crippen LogP contribution in [0.1, 0.15) is 25.0 Å². The van der Waals surface area contributed by atoms with Gasteiger partial charge in [0.1, 0.15) is 0 Å². The second kappa shape index (κ2) is 8.42. The molecule has 0 aliphatic rings. The summed E-state index contributed by atoms with van der Waals surface area (Å²) in [7, 11) is 1.72. The molecule has 1 N–H and O–H groups in total. The molecule has 0 radical (unpaired) electrons. The monoisotopic (exact) mass is 292 g/mol. The number of aryl methyl sites for hydroxylation is 2. The van der Waals surface area contributed by atoms with Crippen LogP contribution in [0.4, 0.5) is 5.69 Å². The summed E-state index contributed by atoms with van der Waals surface area (Å²) in [5.41, 5.74) is 3.02. The smallest absolute Gasteiger partial charge is 0.320 e. The van der Waals surface area contributed by atoms with Crippen LogP contribution >= 0.6 is 0 Å². The molecule has 0 spiro atoms. The molecular formula is C16H24N2O3. The van der Waals surface area contributed by atoms with E-state index in [9.17, 15) is 9.59 Å². The van der Waals surface area contributed by atoms with Crippen molar-refractivity contribution in [2.75, 3.05) is 32.1 Å². The highest BCUT2D eigenvalue weighted by Crippen LogP contribution is 2.20. The molecule has 0 heterocycles. The Balaban J connectivity index is 2.60. The highest BCUT2D eigenvalue weighted by atomic mass is 16.5. The molecule has 5 nitrogen and oxygen atoms in total. The summed E-state index contributed by atoms with van der Waals surface area (Å²) in [6, 6.07) is 5.96. The second-order valence-electron chi connectivity index (χ2n) is 4.99. The summed E-state index contributed by atoms with van der Waals surface area (Å²) < 4.78 is 4.86. The fourth-order valence-electron chi connectivity index (χ4n) is 2.11. The van der Waals surface area contributed by atoms with Crippen LogP contribution in [-0.2, 0) is 20.7 Å². The van der Waals surface area contributed by atoms with Gasteiger partial charge in [0.05, 0.1) is 19.7 Å². The van der Waals surface area contributed by atoms with E-state index in [2.05, 4.69) is 12.2 Å². The number of likely N-dealkylation sites (N-methyl/N-ethyl adjacent to an activating group) is 1. The van der Waals surface area contributed by atoms with E-state index >= 15 is 0 Å². The highest BCUT2D eigenvalue weighted by molar-refractivity contribution is 5.94. The van der Waals surface area contributed by atoms with Crippen molar-refractivity contribution in [1.29, 1.82) is 0 Å². The van der Waals surface area contributed by atoms with E-state index in [0.717, 1.165) is 23.2 Å². The third-order valence-electron chi connectivity index (χ3n) is 3.12. The van der Waals surface area contributed by atoms with Gasteiger partial charge in [-0.1, -0.05) is 25.1 Å². The molecule has 21 heavy (non-hydrogen) atoms. The van der Waals surface area contributed by atoms with Gasteiger partial charge in [0.25, 0.3) is 0 Å². The summed E-state index contributed by atoms with van der Waals surface area (Å²) >= 11 is 0. The number of carbonyl (C=O) groups is 2. The van der Waals surface area contributed by atoms with E-state index in [0.29, 0.717) is 6.61 Å². The number of nitrogens with zero attached hydrogens (tertiary/aromatic N) is 1. The average Bonchev–Trinajstić information content (AvgIpc) is 2.40. The Bertz CT molecular complexity index is 500. The fourth-order valence-corrected chi connectivity index (χ4v) is 2.11. The van der Waals surface area contributed by atoms with Crippen molar-refractivity contribution < 1.29 is 14.3 Å². The standard InChI is InChI=1S/C16H24N2O3/c1-5-13-9-7-8-12(3)16(13)17-14(19)10-18(4)11-15(20)21-6-2/h7-9H,5-6,10-11H2,1-4H3,(H,17,19). The van der Waals surface area contributed by atoms with Crippen LogP contribution in [0.15, 0.2) is 18.2 Å². The zero-order chi connectivity index (χ0) is 15.8. The van der Waals surface area contributed by atoms with Crippen LogP contribution in [-0.4, -0.2) is 43.5 Å². The van der Waals surface area contributed by atoms with Crippen molar-refractivity contribution in [1.82, 2.24) is 4.90 Å². The van der Waals surface area contributed by atoms with E-state index in [1.54, 1.807) is 18.9 Å². The predicted octanol–water partition coefficient (Wildman–Crippen LogP) is 1.99. The first-order valence-corrected chi connectivity index (χ1v) is 7.20. The van der Waals surface area contributed by atoms with Gasteiger partial charge < -0.3 is 10.1 Å². The molecule has 0 aliphatic heterocycles. The number of benzene rings is 1. The normalized spacial score (nSPS) is 10.5. The van der Waals surface area contributed by atoms with Crippen LogP contribution in [0, 0.1) is 6.92 Å². The molecule has 1 rings (SSSR count). The molecule has 0 saturated heterocycles. The third kappa shape index (κ3) is 5.55. The van der Waals surface area contributed by atoms with E-state index < -0.39 is 0 Å². The van der Waals surface area contributed by atoms with E-state index in [-0.39, 0.29) is 25.0 Å². The number of amides is 1. The molecule has 0 saturated carbocycles. The lowest BCUT2D eigenvalue weighted by Gasteiger charge is -2.17. The molecule has 116 valence electrons. The van der Waals surface area contributed by atoms with Gasteiger partial charge in [-0.3, -0.25) is 14.5 Å². The van der Waals surface area contributed by atoms with Crippen molar-refractivity contribution in [3.05, 3.63) is 29.3 Å². The van der Waals surface area contributed by atoms with Gasteiger partial charge in [0.2, 0.25) is 5.91 Å². The zero-order valence-electron chi connectivity index (χ0n) is 13.2. The first kappa shape index (κ1) is 17.2. The van der Waals surface area contributed by atoms with Crippen molar-refractivity contribution in [2.45, 2.75) is 27.2 Å². The summed E-state index contributed by atoms with van der Waals surface area (Å²) in [5.74, 6) is -0.455. The number of carbonyl (C=O) groups excluding carboxylic acids is 2. The van der Waals surface area contributed by atoms with Gasteiger partial charge in [-0.2, -0.15) is 0 Å². The maximum atomic E-state index is 12.1. The minimum absolute atomic E-state index is 0.107. The summed E-state index contributed by atoms with van der Waals surface area (Å²) in [6.45, 7) is 6.39. The molecule has 1 aromatic rings. The number of anilines is 1. The Kier molecular flexibility index (Phi) is 6.88. The Hall–Kier alpha value is -1.88. The molecule has 0 fully saturated rings. The van der Waals surface area contributed by atoms with Crippen LogP contribution in [0.25, 0.3) is 0 Å². The lowest BCUT2D eigenvalue weighted by atomic mass is 10.1. The zero-order valence-corrected chi connectivity index (χ0v) is 13.2. The molecule has 0 aromatic heterocycles. The maximum Gasteiger partial charge on any atom is 0.320 e. The molecule has 0 atom stereocenters. The van der Waals surface area contributed by atoms with Crippen LogP contribution in [0.2, 0.25) is 0 Å². The average molecular weight is 292 g/mol. The summed E-state index contributed by atoms with van der Waals surface area (Å²) in [6.07, 6.45) is 0.857. The van der Waals surface area contributed by atoms with Gasteiger partial charge in [-0.05, 0) is 38.4 Å². The van der Waals surface area contributed by atoms with E-state index in [1.165, 1.54) is 0 Å². The Morgan fingerprint density at radius 2 is 1.95 bits per heavy atom. The number of para-hydroxylation sites is 1. The largest absolute Gasteiger partial charge is 0.465 e. The van der Waals surface area contributed by atoms with Crippen molar-refractivity contribution >= 4 is 17.6 Å². The molecular weight excluding hydrogens is 268 g/mol. The number of rotatable bonds is 7. The first-order chi connectivity index (χ1) is 9.97. The topological polar surface area (TPSA) is 58.6 Å². The second-order valence-corrected chi connectivity index (χ2v) is 4.99. The van der Waals surface area contributed by atoms with E-state index in [1.807, 2.05) is 25.1 Å². The fraction of sp³-hybridized carbons (Fsp3) is 0.500. The van der Waals surface area contributed by atoms with Crippen LogP contribution in [0.5, 0.6) is 0 Å².